The van der Waals surface area contributed by atoms with Crippen LogP contribution in [0, 0.1) is 5.41 Å². The number of carbonyl (C=O) groups is 2. The molecule has 1 amide bonds. The highest BCUT2D eigenvalue weighted by molar-refractivity contribution is 7.16. The lowest BCUT2D eigenvalue weighted by Gasteiger charge is -2.33. The maximum atomic E-state index is 12.4. The van der Waals surface area contributed by atoms with Gasteiger partial charge in [-0.05, 0) is 37.1 Å². The van der Waals surface area contributed by atoms with Gasteiger partial charge in [0.15, 0.2) is 0 Å². The van der Waals surface area contributed by atoms with Gasteiger partial charge in [0.2, 0.25) is 0 Å². The molecule has 1 aliphatic carbocycles. The monoisotopic (exact) mass is 374 g/mol. The van der Waals surface area contributed by atoms with Crippen LogP contribution in [0.4, 0.5) is 0 Å². The average Bonchev–Trinajstić information content (AvgIpc) is 3.17. The van der Waals surface area contributed by atoms with Crippen molar-refractivity contribution in [2.75, 3.05) is 13.7 Å². The molecule has 2 N–H and O–H groups in total. The Morgan fingerprint density at radius 3 is 2.54 bits per heavy atom. The van der Waals surface area contributed by atoms with E-state index >= 15 is 0 Å². The number of hydrogen-bond acceptors (Lipinski definition) is 5. The van der Waals surface area contributed by atoms with E-state index < -0.39 is 11.4 Å². The van der Waals surface area contributed by atoms with Gasteiger partial charge < -0.3 is 15.2 Å². The fourth-order valence-corrected chi connectivity index (χ4v) is 4.12. The molecule has 0 spiro atoms. The summed E-state index contributed by atoms with van der Waals surface area (Å²) >= 11 is 1.29. The highest BCUT2D eigenvalue weighted by atomic mass is 32.1. The minimum atomic E-state index is -0.836. The van der Waals surface area contributed by atoms with Gasteiger partial charge in [0.1, 0.15) is 15.6 Å². The van der Waals surface area contributed by atoms with Crippen molar-refractivity contribution in [3.05, 3.63) is 35.3 Å². The number of aromatic nitrogens is 1. The topological polar surface area (TPSA) is 88.5 Å². The number of rotatable bonds is 6. The van der Waals surface area contributed by atoms with Gasteiger partial charge in [-0.1, -0.05) is 19.3 Å². The van der Waals surface area contributed by atoms with Crippen LogP contribution in [0.1, 0.15) is 41.8 Å². The first-order chi connectivity index (χ1) is 12.5. The average molecular weight is 374 g/mol. The fourth-order valence-electron chi connectivity index (χ4n) is 3.28. The van der Waals surface area contributed by atoms with Crippen LogP contribution in [0.2, 0.25) is 0 Å². The number of amides is 1. The summed E-state index contributed by atoms with van der Waals surface area (Å²) in [6.07, 6.45) is 5.61. The van der Waals surface area contributed by atoms with Crippen LogP contribution in [0.25, 0.3) is 10.6 Å². The van der Waals surface area contributed by atoms with Crippen molar-refractivity contribution >= 4 is 23.2 Å². The molecule has 0 unspecified atom stereocenters. The van der Waals surface area contributed by atoms with Crippen molar-refractivity contribution in [1.29, 1.82) is 0 Å². The number of methoxy groups -OCH3 is 1. The minimum Gasteiger partial charge on any atom is -0.497 e. The van der Waals surface area contributed by atoms with Crippen LogP contribution in [-0.2, 0) is 4.79 Å². The molecular formula is C19H22N2O4S. The molecule has 1 aromatic heterocycles. The van der Waals surface area contributed by atoms with Gasteiger partial charge in [-0.3, -0.25) is 9.59 Å². The summed E-state index contributed by atoms with van der Waals surface area (Å²) in [5.74, 6) is -0.330. The molecular weight excluding hydrogens is 352 g/mol. The second-order valence-corrected chi connectivity index (χ2v) is 7.62. The second kappa shape index (κ2) is 7.86. The van der Waals surface area contributed by atoms with E-state index in [9.17, 15) is 14.7 Å². The molecule has 6 nitrogen and oxygen atoms in total. The van der Waals surface area contributed by atoms with Crippen molar-refractivity contribution in [3.63, 3.8) is 0 Å². The fraction of sp³-hybridized carbons (Fsp3) is 0.421. The summed E-state index contributed by atoms with van der Waals surface area (Å²) in [5, 5.41) is 13.1. The lowest BCUT2D eigenvalue weighted by atomic mass is 9.74. The lowest BCUT2D eigenvalue weighted by Crippen LogP contribution is -2.44. The highest BCUT2D eigenvalue weighted by Gasteiger charge is 2.39. The minimum absolute atomic E-state index is 0.164. The third-order valence-corrected chi connectivity index (χ3v) is 5.96. The predicted octanol–water partition coefficient (Wildman–Crippen LogP) is 3.58. The smallest absolute Gasteiger partial charge is 0.311 e. The number of carbonyl (C=O) groups excluding carboxylic acids is 1. The number of thiazole rings is 1. The Balaban J connectivity index is 1.66. The molecule has 1 heterocycles. The van der Waals surface area contributed by atoms with Gasteiger partial charge in [0, 0.05) is 12.1 Å². The molecule has 26 heavy (non-hydrogen) atoms. The van der Waals surface area contributed by atoms with Crippen LogP contribution in [0.3, 0.4) is 0 Å². The first-order valence-electron chi connectivity index (χ1n) is 8.66. The Bertz CT molecular complexity index is 779. The zero-order valence-electron chi connectivity index (χ0n) is 14.7. The van der Waals surface area contributed by atoms with E-state index in [1.54, 1.807) is 7.11 Å². The molecule has 0 radical (unpaired) electrons. The van der Waals surface area contributed by atoms with Crippen LogP contribution in [0.5, 0.6) is 5.75 Å². The third-order valence-electron chi connectivity index (χ3n) is 4.92. The van der Waals surface area contributed by atoms with Gasteiger partial charge >= 0.3 is 5.97 Å². The maximum Gasteiger partial charge on any atom is 0.311 e. The van der Waals surface area contributed by atoms with Crippen molar-refractivity contribution < 1.29 is 19.4 Å². The van der Waals surface area contributed by atoms with E-state index in [1.807, 2.05) is 24.3 Å². The Morgan fingerprint density at radius 2 is 1.92 bits per heavy atom. The van der Waals surface area contributed by atoms with Gasteiger partial charge in [-0.2, -0.15) is 0 Å². The summed E-state index contributed by atoms with van der Waals surface area (Å²) < 4.78 is 5.14. The van der Waals surface area contributed by atoms with Crippen molar-refractivity contribution in [1.82, 2.24) is 10.3 Å². The Morgan fingerprint density at radius 1 is 1.23 bits per heavy atom. The molecule has 7 heteroatoms. The number of hydrogen-bond donors (Lipinski definition) is 2. The van der Waals surface area contributed by atoms with E-state index in [0.717, 1.165) is 35.6 Å². The van der Waals surface area contributed by atoms with E-state index in [-0.39, 0.29) is 12.5 Å². The van der Waals surface area contributed by atoms with E-state index in [4.69, 9.17) is 4.74 Å². The molecule has 1 saturated carbocycles. The Hall–Kier alpha value is -2.41. The van der Waals surface area contributed by atoms with Gasteiger partial charge in [0.05, 0.1) is 18.7 Å². The summed E-state index contributed by atoms with van der Waals surface area (Å²) in [5.41, 5.74) is 0.0707. The highest BCUT2D eigenvalue weighted by Crippen LogP contribution is 2.36. The van der Waals surface area contributed by atoms with Gasteiger partial charge in [-0.25, -0.2) is 4.98 Å². The largest absolute Gasteiger partial charge is 0.497 e. The van der Waals surface area contributed by atoms with Crippen LogP contribution in [-0.4, -0.2) is 35.6 Å². The molecule has 1 fully saturated rings. The summed E-state index contributed by atoms with van der Waals surface area (Å²) in [7, 11) is 1.61. The van der Waals surface area contributed by atoms with Crippen LogP contribution in [0.15, 0.2) is 30.5 Å². The van der Waals surface area contributed by atoms with Crippen LogP contribution >= 0.6 is 11.3 Å². The summed E-state index contributed by atoms with van der Waals surface area (Å²) in [4.78, 5) is 28.9. The first kappa shape index (κ1) is 18.4. The molecule has 0 aliphatic heterocycles. The molecule has 1 aliphatic rings. The Kier molecular flexibility index (Phi) is 5.56. The van der Waals surface area contributed by atoms with Crippen molar-refractivity contribution in [2.45, 2.75) is 32.1 Å². The first-order valence-corrected chi connectivity index (χ1v) is 9.48. The number of ether oxygens (including phenoxy) is 1. The number of nitrogens with zero attached hydrogens (tertiary/aromatic N) is 1. The van der Waals surface area contributed by atoms with E-state index in [0.29, 0.717) is 17.7 Å². The standard InChI is InChI=1S/C19H22N2O4S/c1-25-14-7-5-13(6-8-14)17-20-11-15(26-17)16(22)21-12-19(18(23)24)9-3-2-4-10-19/h5-8,11H,2-4,9-10,12H2,1H3,(H,21,22)(H,23,24). The quantitative estimate of drug-likeness (QED) is 0.807. The number of carboxylic acids is 1. The normalized spacial score (nSPS) is 16.0. The van der Waals surface area contributed by atoms with Gasteiger partial charge in [-0.15, -0.1) is 11.3 Å². The van der Waals surface area contributed by atoms with Gasteiger partial charge in [0.25, 0.3) is 5.91 Å². The Labute approximate surface area is 156 Å². The molecule has 2 aromatic rings. The molecule has 3 rings (SSSR count). The molecule has 1 aromatic carbocycles. The number of benzene rings is 1. The van der Waals surface area contributed by atoms with E-state index in [2.05, 4.69) is 10.3 Å². The number of nitrogens with one attached hydrogen (secondary N) is 1. The SMILES string of the molecule is COc1ccc(-c2ncc(C(=O)NCC3(C(=O)O)CCCCC3)s2)cc1. The third kappa shape index (κ3) is 3.88. The van der Waals surface area contributed by atoms with Crippen molar-refractivity contribution in [2.24, 2.45) is 5.41 Å². The van der Waals surface area contributed by atoms with Crippen molar-refractivity contribution in [3.8, 4) is 16.3 Å². The zero-order valence-corrected chi connectivity index (χ0v) is 15.5. The molecule has 138 valence electrons. The molecule has 0 bridgehead atoms. The van der Waals surface area contributed by atoms with E-state index in [1.165, 1.54) is 17.5 Å². The zero-order chi connectivity index (χ0) is 18.6. The second-order valence-electron chi connectivity index (χ2n) is 6.59. The summed E-state index contributed by atoms with van der Waals surface area (Å²) in [6, 6.07) is 7.47. The lowest BCUT2D eigenvalue weighted by molar-refractivity contribution is -0.150. The van der Waals surface area contributed by atoms with Crippen LogP contribution < -0.4 is 10.1 Å². The summed E-state index contributed by atoms with van der Waals surface area (Å²) in [6.45, 7) is 0.164. The number of aliphatic carboxylic acids is 1. The molecule has 0 atom stereocenters. The number of carboxylic acid groups (broad SMARTS) is 1. The maximum absolute atomic E-state index is 12.4. The predicted molar refractivity (Wildman–Crippen MR) is 99.6 cm³/mol. The molecule has 0 saturated heterocycles.